The van der Waals surface area contributed by atoms with Gasteiger partial charge in [0.15, 0.2) is 0 Å². The Morgan fingerprint density at radius 3 is 2.55 bits per heavy atom. The van der Waals surface area contributed by atoms with Gasteiger partial charge >= 0.3 is 0 Å². The third kappa shape index (κ3) is 4.16. The van der Waals surface area contributed by atoms with Crippen molar-refractivity contribution in [1.82, 2.24) is 15.3 Å². The summed E-state index contributed by atoms with van der Waals surface area (Å²) in [7, 11) is -2.95. The van der Waals surface area contributed by atoms with Crippen molar-refractivity contribution in [3.63, 3.8) is 0 Å². The molecule has 2 heterocycles. The molecule has 7 nitrogen and oxygen atoms in total. The monoisotopic (exact) mass is 327 g/mol. The molecule has 0 aromatic carbocycles. The zero-order chi connectivity index (χ0) is 16.3. The smallest absolute Gasteiger partial charge is 0.254 e. The van der Waals surface area contributed by atoms with E-state index in [2.05, 4.69) is 15.3 Å². The molecule has 122 valence electrons. The summed E-state index contributed by atoms with van der Waals surface area (Å²) in [6.45, 7) is 3.60. The Labute approximate surface area is 129 Å². The Morgan fingerprint density at radius 1 is 1.36 bits per heavy atom. The standard InChI is InChI=1S/C14H21N3O4S/c1-3-12-15-9(2)11(14(19)17-12)8-13(18)16-10-4-6-22(20,21)7-5-10/h10H,3-8H2,1-2H3,(H,16,18)(H,15,17,19). The second-order valence-electron chi connectivity index (χ2n) is 5.60. The molecular formula is C14H21N3O4S. The first kappa shape index (κ1) is 16.7. The maximum Gasteiger partial charge on any atom is 0.254 e. The average molecular weight is 327 g/mol. The van der Waals surface area contributed by atoms with Crippen molar-refractivity contribution < 1.29 is 13.2 Å². The molecule has 1 aliphatic rings. The van der Waals surface area contributed by atoms with E-state index < -0.39 is 9.84 Å². The molecule has 1 aliphatic heterocycles. The quantitative estimate of drug-likeness (QED) is 0.801. The minimum atomic E-state index is -2.95. The van der Waals surface area contributed by atoms with Crippen LogP contribution in [0.1, 0.15) is 36.8 Å². The summed E-state index contributed by atoms with van der Waals surface area (Å²) >= 11 is 0. The number of hydrogen-bond acceptors (Lipinski definition) is 5. The number of aromatic nitrogens is 2. The Balaban J connectivity index is 2.00. The molecule has 1 fully saturated rings. The maximum absolute atomic E-state index is 12.1. The molecule has 0 spiro atoms. The minimum absolute atomic E-state index is 0.0403. The van der Waals surface area contributed by atoms with Crippen molar-refractivity contribution in [2.45, 2.75) is 45.6 Å². The number of carbonyl (C=O) groups excluding carboxylic acids is 1. The van der Waals surface area contributed by atoms with E-state index in [1.165, 1.54) is 0 Å². The van der Waals surface area contributed by atoms with E-state index in [4.69, 9.17) is 0 Å². The third-order valence-electron chi connectivity index (χ3n) is 3.86. The van der Waals surface area contributed by atoms with Crippen molar-refractivity contribution in [2.75, 3.05) is 11.5 Å². The normalized spacial score (nSPS) is 18.1. The number of nitrogens with one attached hydrogen (secondary N) is 2. The lowest BCUT2D eigenvalue weighted by Gasteiger charge is -2.23. The number of carbonyl (C=O) groups is 1. The van der Waals surface area contributed by atoms with Crippen LogP contribution < -0.4 is 10.9 Å². The van der Waals surface area contributed by atoms with Gasteiger partial charge in [-0.05, 0) is 19.8 Å². The largest absolute Gasteiger partial charge is 0.353 e. The Hall–Kier alpha value is -1.70. The highest BCUT2D eigenvalue weighted by atomic mass is 32.2. The number of hydrogen-bond donors (Lipinski definition) is 2. The highest BCUT2D eigenvalue weighted by Crippen LogP contribution is 2.12. The summed E-state index contributed by atoms with van der Waals surface area (Å²) in [5, 5.41) is 2.80. The summed E-state index contributed by atoms with van der Waals surface area (Å²) < 4.78 is 22.7. The SMILES string of the molecule is CCc1nc(C)c(CC(=O)NC2CCS(=O)(=O)CC2)c(=O)[nH]1. The average Bonchev–Trinajstić information content (AvgIpc) is 2.45. The lowest BCUT2D eigenvalue weighted by Crippen LogP contribution is -2.42. The van der Waals surface area contributed by atoms with Crippen LogP contribution in [0.4, 0.5) is 0 Å². The molecule has 0 bridgehead atoms. The Bertz CT molecular complexity index is 710. The molecule has 2 rings (SSSR count). The lowest BCUT2D eigenvalue weighted by molar-refractivity contribution is -0.121. The molecular weight excluding hydrogens is 306 g/mol. The number of amides is 1. The molecule has 2 N–H and O–H groups in total. The third-order valence-corrected chi connectivity index (χ3v) is 5.58. The van der Waals surface area contributed by atoms with Gasteiger partial charge in [-0.2, -0.15) is 0 Å². The molecule has 8 heteroatoms. The van der Waals surface area contributed by atoms with Crippen LogP contribution in [-0.4, -0.2) is 41.8 Å². The molecule has 1 saturated heterocycles. The zero-order valence-corrected chi connectivity index (χ0v) is 13.6. The lowest BCUT2D eigenvalue weighted by atomic mass is 10.1. The molecule has 0 atom stereocenters. The van der Waals surface area contributed by atoms with Crippen LogP contribution in [0.3, 0.4) is 0 Å². The molecule has 1 aromatic heterocycles. The van der Waals surface area contributed by atoms with E-state index in [0.29, 0.717) is 36.3 Å². The van der Waals surface area contributed by atoms with Crippen molar-refractivity contribution in [2.24, 2.45) is 0 Å². The van der Waals surface area contributed by atoms with E-state index in [1.54, 1.807) is 6.92 Å². The van der Waals surface area contributed by atoms with Crippen LogP contribution >= 0.6 is 0 Å². The molecule has 0 radical (unpaired) electrons. The number of H-pyrrole nitrogens is 1. The molecule has 0 aliphatic carbocycles. The van der Waals surface area contributed by atoms with Crippen LogP contribution in [0.15, 0.2) is 4.79 Å². The van der Waals surface area contributed by atoms with Crippen LogP contribution in [0.2, 0.25) is 0 Å². The number of rotatable bonds is 4. The van der Waals surface area contributed by atoms with Gasteiger partial charge in [-0.1, -0.05) is 6.92 Å². The predicted octanol–water partition coefficient (Wildman–Crippen LogP) is -0.123. The molecule has 0 unspecified atom stereocenters. The molecule has 22 heavy (non-hydrogen) atoms. The maximum atomic E-state index is 12.1. The van der Waals surface area contributed by atoms with Crippen molar-refractivity contribution in [3.05, 3.63) is 27.4 Å². The molecule has 0 saturated carbocycles. The van der Waals surface area contributed by atoms with Gasteiger partial charge in [0.1, 0.15) is 15.7 Å². The fourth-order valence-electron chi connectivity index (χ4n) is 2.52. The second kappa shape index (κ2) is 6.60. The molecule has 1 amide bonds. The van der Waals surface area contributed by atoms with Gasteiger partial charge in [0, 0.05) is 23.7 Å². The highest BCUT2D eigenvalue weighted by Gasteiger charge is 2.25. The number of sulfone groups is 1. The highest BCUT2D eigenvalue weighted by molar-refractivity contribution is 7.91. The number of aryl methyl sites for hydroxylation is 2. The summed E-state index contributed by atoms with van der Waals surface area (Å²) in [4.78, 5) is 31.0. The van der Waals surface area contributed by atoms with E-state index >= 15 is 0 Å². The number of nitrogens with zero attached hydrogens (tertiary/aromatic N) is 1. The van der Waals surface area contributed by atoms with E-state index in [0.717, 1.165) is 0 Å². The zero-order valence-electron chi connectivity index (χ0n) is 12.8. The first-order valence-electron chi connectivity index (χ1n) is 7.39. The van der Waals surface area contributed by atoms with Crippen LogP contribution in [0.5, 0.6) is 0 Å². The van der Waals surface area contributed by atoms with Crippen molar-refractivity contribution in [3.8, 4) is 0 Å². The van der Waals surface area contributed by atoms with Gasteiger partial charge in [0.05, 0.1) is 17.9 Å². The van der Waals surface area contributed by atoms with Gasteiger partial charge in [-0.3, -0.25) is 9.59 Å². The minimum Gasteiger partial charge on any atom is -0.353 e. The van der Waals surface area contributed by atoms with Gasteiger partial charge in [0.2, 0.25) is 5.91 Å². The van der Waals surface area contributed by atoms with Gasteiger partial charge in [-0.15, -0.1) is 0 Å². The fraction of sp³-hybridized carbons (Fsp3) is 0.643. The topological polar surface area (TPSA) is 109 Å². The Kier molecular flexibility index (Phi) is 5.00. The van der Waals surface area contributed by atoms with Gasteiger partial charge in [-0.25, -0.2) is 13.4 Å². The first-order valence-corrected chi connectivity index (χ1v) is 9.21. The van der Waals surface area contributed by atoms with E-state index in [-0.39, 0.29) is 35.4 Å². The summed E-state index contributed by atoms with van der Waals surface area (Å²) in [5.41, 5.74) is 0.630. The number of aromatic amines is 1. The van der Waals surface area contributed by atoms with Gasteiger partial charge in [0.25, 0.3) is 5.56 Å². The van der Waals surface area contributed by atoms with Crippen LogP contribution in [-0.2, 0) is 27.5 Å². The van der Waals surface area contributed by atoms with Gasteiger partial charge < -0.3 is 10.3 Å². The van der Waals surface area contributed by atoms with E-state index in [9.17, 15) is 18.0 Å². The summed E-state index contributed by atoms with van der Waals surface area (Å²) in [6.07, 6.45) is 1.44. The van der Waals surface area contributed by atoms with E-state index in [1.807, 2.05) is 6.92 Å². The predicted molar refractivity (Wildman–Crippen MR) is 82.5 cm³/mol. The van der Waals surface area contributed by atoms with Crippen LogP contribution in [0.25, 0.3) is 0 Å². The van der Waals surface area contributed by atoms with Crippen molar-refractivity contribution in [1.29, 1.82) is 0 Å². The fourth-order valence-corrected chi connectivity index (χ4v) is 4.01. The first-order chi connectivity index (χ1) is 10.3. The second-order valence-corrected chi connectivity index (χ2v) is 7.90. The summed E-state index contributed by atoms with van der Waals surface area (Å²) in [5.74, 6) is 0.530. The summed E-state index contributed by atoms with van der Waals surface area (Å²) in [6, 6.07) is -0.140. The van der Waals surface area contributed by atoms with Crippen molar-refractivity contribution >= 4 is 15.7 Å². The molecule has 1 aromatic rings. The Morgan fingerprint density at radius 2 is 2.00 bits per heavy atom. The van der Waals surface area contributed by atoms with Crippen LogP contribution in [0, 0.1) is 6.92 Å².